The van der Waals surface area contributed by atoms with E-state index in [2.05, 4.69) is 13.0 Å². The summed E-state index contributed by atoms with van der Waals surface area (Å²) in [5, 5.41) is 0. The molecule has 1 aromatic carbocycles. The average Bonchev–Trinajstić information content (AvgIpc) is 2.05. The second-order valence-corrected chi connectivity index (χ2v) is 3.91. The lowest BCUT2D eigenvalue weighted by Crippen LogP contribution is -1.85. The predicted octanol–water partition coefficient (Wildman–Crippen LogP) is 2.92. The standard InChI is InChI=1S/C10H12OS/c1-3-12-10-5-4-9(7-11)8(2)6-10/h4-7H,3H2,1-2H3. The number of carbonyl (C=O) groups excluding carboxylic acids is 1. The third-order valence-electron chi connectivity index (χ3n) is 1.68. The molecular formula is C10H12OS. The summed E-state index contributed by atoms with van der Waals surface area (Å²) in [7, 11) is 0. The molecule has 1 nitrogen and oxygen atoms in total. The fraction of sp³-hybridized carbons (Fsp3) is 0.300. The van der Waals surface area contributed by atoms with Crippen molar-refractivity contribution >= 4 is 18.0 Å². The zero-order valence-corrected chi connectivity index (χ0v) is 8.15. The van der Waals surface area contributed by atoms with Crippen molar-refractivity contribution in [2.24, 2.45) is 0 Å². The van der Waals surface area contributed by atoms with Gasteiger partial charge in [-0.1, -0.05) is 13.0 Å². The third kappa shape index (κ3) is 2.11. The van der Waals surface area contributed by atoms with Gasteiger partial charge in [0, 0.05) is 10.5 Å². The Hall–Kier alpha value is -0.760. The summed E-state index contributed by atoms with van der Waals surface area (Å²) in [6.07, 6.45) is 0.899. The van der Waals surface area contributed by atoms with Crippen LogP contribution in [0.5, 0.6) is 0 Å². The SMILES string of the molecule is CCSc1ccc(C=O)c(C)c1. The molecule has 1 aromatic rings. The van der Waals surface area contributed by atoms with Crippen molar-refractivity contribution in [3.8, 4) is 0 Å². The van der Waals surface area contributed by atoms with E-state index in [-0.39, 0.29) is 0 Å². The lowest BCUT2D eigenvalue weighted by Gasteiger charge is -2.01. The van der Waals surface area contributed by atoms with Crippen LogP contribution >= 0.6 is 11.8 Å². The van der Waals surface area contributed by atoms with Crippen LogP contribution in [0.1, 0.15) is 22.8 Å². The molecule has 0 bridgehead atoms. The first-order chi connectivity index (χ1) is 5.77. The Morgan fingerprint density at radius 3 is 2.75 bits per heavy atom. The lowest BCUT2D eigenvalue weighted by molar-refractivity contribution is 0.112. The van der Waals surface area contributed by atoms with Crippen molar-refractivity contribution in [3.05, 3.63) is 29.3 Å². The predicted molar refractivity (Wildman–Crippen MR) is 53.0 cm³/mol. The molecule has 0 aliphatic rings. The van der Waals surface area contributed by atoms with E-state index in [0.29, 0.717) is 0 Å². The van der Waals surface area contributed by atoms with Gasteiger partial charge < -0.3 is 0 Å². The maximum absolute atomic E-state index is 10.5. The highest BCUT2D eigenvalue weighted by Gasteiger charge is 1.97. The molecule has 0 aliphatic carbocycles. The molecule has 0 saturated carbocycles. The minimum atomic E-state index is 0.787. The van der Waals surface area contributed by atoms with Crippen LogP contribution in [0, 0.1) is 6.92 Å². The van der Waals surface area contributed by atoms with E-state index in [1.807, 2.05) is 19.1 Å². The van der Waals surface area contributed by atoms with Crippen LogP contribution in [0.3, 0.4) is 0 Å². The number of aryl methyl sites for hydroxylation is 1. The molecule has 0 amide bonds. The quantitative estimate of drug-likeness (QED) is 0.525. The number of carbonyl (C=O) groups is 1. The van der Waals surface area contributed by atoms with Crippen molar-refractivity contribution in [2.45, 2.75) is 18.7 Å². The van der Waals surface area contributed by atoms with Gasteiger partial charge in [0.1, 0.15) is 6.29 Å². The van der Waals surface area contributed by atoms with E-state index < -0.39 is 0 Å². The Balaban J connectivity index is 2.93. The van der Waals surface area contributed by atoms with Gasteiger partial charge in [0.15, 0.2) is 0 Å². The summed E-state index contributed by atoms with van der Waals surface area (Å²) in [5.41, 5.74) is 1.85. The van der Waals surface area contributed by atoms with Crippen molar-refractivity contribution in [1.29, 1.82) is 0 Å². The molecule has 0 unspecified atom stereocenters. The van der Waals surface area contributed by atoms with Gasteiger partial charge in [0.05, 0.1) is 0 Å². The highest BCUT2D eigenvalue weighted by atomic mass is 32.2. The van der Waals surface area contributed by atoms with Crippen molar-refractivity contribution in [3.63, 3.8) is 0 Å². The van der Waals surface area contributed by atoms with E-state index in [9.17, 15) is 4.79 Å². The molecule has 0 saturated heterocycles. The normalized spacial score (nSPS) is 9.83. The maximum atomic E-state index is 10.5. The minimum Gasteiger partial charge on any atom is -0.298 e. The fourth-order valence-corrected chi connectivity index (χ4v) is 1.79. The average molecular weight is 180 g/mol. The summed E-state index contributed by atoms with van der Waals surface area (Å²) < 4.78 is 0. The Morgan fingerprint density at radius 1 is 1.50 bits per heavy atom. The summed E-state index contributed by atoms with van der Waals surface area (Å²) in [6.45, 7) is 4.08. The molecule has 64 valence electrons. The molecule has 0 atom stereocenters. The lowest BCUT2D eigenvalue weighted by atomic mass is 10.1. The van der Waals surface area contributed by atoms with Crippen LogP contribution < -0.4 is 0 Å². The number of hydrogen-bond donors (Lipinski definition) is 0. The second-order valence-electron chi connectivity index (χ2n) is 2.57. The van der Waals surface area contributed by atoms with Crippen molar-refractivity contribution < 1.29 is 4.79 Å². The minimum absolute atomic E-state index is 0.787. The second kappa shape index (κ2) is 4.31. The molecule has 2 heteroatoms. The summed E-state index contributed by atoms with van der Waals surface area (Å²) in [4.78, 5) is 11.7. The van der Waals surface area contributed by atoms with E-state index in [0.717, 1.165) is 23.2 Å². The zero-order valence-electron chi connectivity index (χ0n) is 7.33. The number of benzene rings is 1. The van der Waals surface area contributed by atoms with E-state index in [1.54, 1.807) is 11.8 Å². The topological polar surface area (TPSA) is 17.1 Å². The largest absolute Gasteiger partial charge is 0.298 e. The summed E-state index contributed by atoms with van der Waals surface area (Å²) >= 11 is 1.79. The van der Waals surface area contributed by atoms with Crippen LogP contribution in [0.25, 0.3) is 0 Å². The van der Waals surface area contributed by atoms with Gasteiger partial charge in [-0.2, -0.15) is 0 Å². The Labute approximate surface area is 77.2 Å². The molecule has 0 spiro atoms. The highest BCUT2D eigenvalue weighted by Crippen LogP contribution is 2.19. The number of rotatable bonds is 3. The number of aldehydes is 1. The molecule has 12 heavy (non-hydrogen) atoms. The molecule has 0 aliphatic heterocycles. The maximum Gasteiger partial charge on any atom is 0.150 e. The van der Waals surface area contributed by atoms with Crippen molar-refractivity contribution in [1.82, 2.24) is 0 Å². The van der Waals surface area contributed by atoms with Crippen LogP contribution in [0.2, 0.25) is 0 Å². The van der Waals surface area contributed by atoms with Crippen LogP contribution in [-0.4, -0.2) is 12.0 Å². The highest BCUT2D eigenvalue weighted by molar-refractivity contribution is 7.99. The van der Waals surface area contributed by atoms with Crippen molar-refractivity contribution in [2.75, 3.05) is 5.75 Å². The molecule has 0 aromatic heterocycles. The zero-order chi connectivity index (χ0) is 8.97. The summed E-state index contributed by atoms with van der Waals surface area (Å²) in [5.74, 6) is 1.07. The van der Waals surface area contributed by atoms with E-state index in [1.165, 1.54) is 4.90 Å². The van der Waals surface area contributed by atoms with Crippen LogP contribution in [0.4, 0.5) is 0 Å². The van der Waals surface area contributed by atoms with Crippen LogP contribution in [-0.2, 0) is 0 Å². The third-order valence-corrected chi connectivity index (χ3v) is 2.56. The van der Waals surface area contributed by atoms with Gasteiger partial charge in [-0.25, -0.2) is 0 Å². The first-order valence-corrected chi connectivity index (χ1v) is 4.95. The van der Waals surface area contributed by atoms with Gasteiger partial charge in [0.2, 0.25) is 0 Å². The number of hydrogen-bond acceptors (Lipinski definition) is 2. The Morgan fingerprint density at radius 2 is 2.25 bits per heavy atom. The molecule has 0 N–H and O–H groups in total. The number of thioether (sulfide) groups is 1. The van der Waals surface area contributed by atoms with Gasteiger partial charge in [-0.05, 0) is 30.4 Å². The van der Waals surface area contributed by atoms with Gasteiger partial charge in [0.25, 0.3) is 0 Å². The van der Waals surface area contributed by atoms with E-state index in [4.69, 9.17) is 0 Å². The van der Waals surface area contributed by atoms with E-state index >= 15 is 0 Å². The molecule has 1 rings (SSSR count). The molecular weight excluding hydrogens is 168 g/mol. The van der Waals surface area contributed by atoms with Gasteiger partial charge in [-0.15, -0.1) is 11.8 Å². The van der Waals surface area contributed by atoms with Gasteiger partial charge in [-0.3, -0.25) is 4.79 Å². The first kappa shape index (κ1) is 9.33. The van der Waals surface area contributed by atoms with Crippen LogP contribution in [0.15, 0.2) is 23.1 Å². The fourth-order valence-electron chi connectivity index (χ4n) is 1.04. The summed E-state index contributed by atoms with van der Waals surface area (Å²) in [6, 6.07) is 5.92. The Kier molecular flexibility index (Phi) is 3.35. The smallest absolute Gasteiger partial charge is 0.150 e. The molecule has 0 heterocycles. The molecule has 0 fully saturated rings. The molecule has 0 radical (unpaired) electrons. The van der Waals surface area contributed by atoms with Gasteiger partial charge >= 0.3 is 0 Å². The Bertz CT molecular complexity index is 281. The monoisotopic (exact) mass is 180 g/mol. The first-order valence-electron chi connectivity index (χ1n) is 3.96.